The fourth-order valence-electron chi connectivity index (χ4n) is 4.13. The van der Waals surface area contributed by atoms with Gasteiger partial charge in [-0.3, -0.25) is 14.6 Å². The number of amides is 1. The topological polar surface area (TPSA) is 55.2 Å². The number of hydrogen-bond acceptors (Lipinski definition) is 4. The molecule has 0 radical (unpaired) electrons. The minimum absolute atomic E-state index is 0.0126. The SMILES string of the molecule is C=CCN(CC=C)C(=O)c1c2n(c(C)cc1=O)-c1ccccc1S[C@H](c1cccnc1)C2. The lowest BCUT2D eigenvalue weighted by molar-refractivity contribution is 0.0787. The molecule has 1 aliphatic rings. The lowest BCUT2D eigenvalue weighted by Gasteiger charge is -2.24. The number of aryl methyl sites for hydroxylation is 1. The number of aromatic nitrogens is 2. The predicted octanol–water partition coefficient (Wildman–Crippen LogP) is 4.74. The van der Waals surface area contributed by atoms with E-state index >= 15 is 0 Å². The van der Waals surface area contributed by atoms with Crippen molar-refractivity contribution >= 4 is 17.7 Å². The van der Waals surface area contributed by atoms with Crippen molar-refractivity contribution in [2.24, 2.45) is 0 Å². The van der Waals surface area contributed by atoms with Crippen LogP contribution in [0.1, 0.15) is 32.6 Å². The molecule has 32 heavy (non-hydrogen) atoms. The minimum atomic E-state index is -0.298. The van der Waals surface area contributed by atoms with E-state index < -0.39 is 0 Å². The summed E-state index contributed by atoms with van der Waals surface area (Å²) in [5, 5.41) is 0.0126. The number of rotatable bonds is 6. The molecule has 3 heterocycles. The number of para-hydroxylation sites is 1. The van der Waals surface area contributed by atoms with Crippen LogP contribution < -0.4 is 5.43 Å². The Hall–Kier alpha value is -3.38. The third-order valence-corrected chi connectivity index (χ3v) is 6.83. The van der Waals surface area contributed by atoms with E-state index in [2.05, 4.69) is 28.8 Å². The van der Waals surface area contributed by atoms with Crippen molar-refractivity contribution in [1.29, 1.82) is 0 Å². The second-order valence-corrected chi connectivity index (χ2v) is 8.90. The zero-order valence-corrected chi connectivity index (χ0v) is 18.8. The van der Waals surface area contributed by atoms with Crippen molar-refractivity contribution in [2.75, 3.05) is 13.1 Å². The van der Waals surface area contributed by atoms with E-state index in [4.69, 9.17) is 0 Å². The molecular formula is C26H25N3O2S. The van der Waals surface area contributed by atoms with Crippen molar-refractivity contribution in [1.82, 2.24) is 14.5 Å². The van der Waals surface area contributed by atoms with Gasteiger partial charge in [0, 0.05) is 59.5 Å². The van der Waals surface area contributed by atoms with Gasteiger partial charge < -0.3 is 9.47 Å². The average molecular weight is 444 g/mol. The van der Waals surface area contributed by atoms with Crippen LogP contribution in [-0.2, 0) is 6.42 Å². The van der Waals surface area contributed by atoms with E-state index in [1.807, 2.05) is 43.5 Å². The van der Waals surface area contributed by atoms with Crippen LogP contribution in [0.4, 0.5) is 0 Å². The summed E-state index contributed by atoms with van der Waals surface area (Å²) < 4.78 is 2.06. The fourth-order valence-corrected chi connectivity index (χ4v) is 5.39. The molecule has 0 aliphatic carbocycles. The van der Waals surface area contributed by atoms with Crippen LogP contribution in [-0.4, -0.2) is 33.4 Å². The smallest absolute Gasteiger partial charge is 0.260 e. The third-order valence-electron chi connectivity index (χ3n) is 5.51. The van der Waals surface area contributed by atoms with Crippen molar-refractivity contribution in [3.8, 4) is 5.69 Å². The van der Waals surface area contributed by atoms with Gasteiger partial charge in [0.15, 0.2) is 5.43 Å². The van der Waals surface area contributed by atoms with Crippen molar-refractivity contribution < 1.29 is 4.79 Å². The summed E-state index contributed by atoms with van der Waals surface area (Å²) in [5.74, 6) is -0.298. The highest BCUT2D eigenvalue weighted by molar-refractivity contribution is 7.99. The van der Waals surface area contributed by atoms with Crippen LogP contribution in [0.15, 0.2) is 89.9 Å². The van der Waals surface area contributed by atoms with Crippen LogP contribution in [0.25, 0.3) is 5.69 Å². The number of hydrogen-bond donors (Lipinski definition) is 0. The molecule has 0 bridgehead atoms. The van der Waals surface area contributed by atoms with Gasteiger partial charge in [-0.2, -0.15) is 0 Å². The largest absolute Gasteiger partial charge is 0.331 e. The maximum absolute atomic E-state index is 13.6. The molecular weight excluding hydrogens is 418 g/mol. The molecule has 1 atom stereocenters. The van der Waals surface area contributed by atoms with Gasteiger partial charge in [0.05, 0.1) is 5.69 Å². The Balaban J connectivity index is 1.97. The highest BCUT2D eigenvalue weighted by Gasteiger charge is 2.30. The Bertz CT molecular complexity index is 1220. The van der Waals surface area contributed by atoms with E-state index in [0.717, 1.165) is 27.5 Å². The summed E-state index contributed by atoms with van der Waals surface area (Å²) in [6.07, 6.45) is 7.45. The number of benzene rings is 1. The molecule has 6 heteroatoms. The first kappa shape index (κ1) is 21.8. The Kier molecular flexibility index (Phi) is 6.42. The molecule has 4 rings (SSSR count). The summed E-state index contributed by atoms with van der Waals surface area (Å²) in [6, 6.07) is 13.6. The molecule has 5 nitrogen and oxygen atoms in total. The molecule has 3 aromatic rings. The van der Waals surface area contributed by atoms with Gasteiger partial charge in [0.1, 0.15) is 5.56 Å². The van der Waals surface area contributed by atoms with Crippen LogP contribution in [0.3, 0.4) is 0 Å². The summed E-state index contributed by atoms with van der Waals surface area (Å²) in [7, 11) is 0. The second kappa shape index (κ2) is 9.40. The minimum Gasteiger partial charge on any atom is -0.331 e. The van der Waals surface area contributed by atoms with Crippen molar-refractivity contribution in [3.63, 3.8) is 0 Å². The summed E-state index contributed by atoms with van der Waals surface area (Å²) >= 11 is 1.73. The first-order valence-electron chi connectivity index (χ1n) is 10.5. The number of thioether (sulfide) groups is 1. The lowest BCUT2D eigenvalue weighted by atomic mass is 10.0. The van der Waals surface area contributed by atoms with Gasteiger partial charge in [-0.05, 0) is 30.7 Å². The fraction of sp³-hybridized carbons (Fsp3) is 0.192. The zero-order valence-electron chi connectivity index (χ0n) is 18.0. The van der Waals surface area contributed by atoms with E-state index in [9.17, 15) is 9.59 Å². The van der Waals surface area contributed by atoms with Gasteiger partial charge in [0.25, 0.3) is 5.91 Å². The molecule has 162 valence electrons. The number of carbonyl (C=O) groups excluding carboxylic acids is 1. The Morgan fingerprint density at radius 3 is 2.66 bits per heavy atom. The third kappa shape index (κ3) is 4.06. The van der Waals surface area contributed by atoms with E-state index in [-0.39, 0.29) is 22.1 Å². The molecule has 0 fully saturated rings. The van der Waals surface area contributed by atoms with Crippen LogP contribution in [0.2, 0.25) is 0 Å². The van der Waals surface area contributed by atoms with Crippen LogP contribution in [0, 0.1) is 6.92 Å². The molecule has 0 saturated heterocycles. The highest BCUT2D eigenvalue weighted by Crippen LogP contribution is 2.44. The van der Waals surface area contributed by atoms with Crippen LogP contribution >= 0.6 is 11.8 Å². The quantitative estimate of drug-likeness (QED) is 0.516. The lowest BCUT2D eigenvalue weighted by Crippen LogP contribution is -2.37. The zero-order chi connectivity index (χ0) is 22.7. The second-order valence-electron chi connectivity index (χ2n) is 7.66. The van der Waals surface area contributed by atoms with Crippen molar-refractivity contribution in [2.45, 2.75) is 23.5 Å². The molecule has 1 amide bonds. The number of pyridine rings is 2. The Labute approximate surface area is 192 Å². The van der Waals surface area contributed by atoms with Gasteiger partial charge in [0.2, 0.25) is 0 Å². The van der Waals surface area contributed by atoms with E-state index in [0.29, 0.717) is 19.5 Å². The monoisotopic (exact) mass is 443 g/mol. The first-order valence-corrected chi connectivity index (χ1v) is 11.4. The van der Waals surface area contributed by atoms with Crippen LogP contribution in [0.5, 0.6) is 0 Å². The number of fused-ring (bicyclic) bond motifs is 3. The summed E-state index contributed by atoms with van der Waals surface area (Å²) in [4.78, 5) is 33.8. The molecule has 1 aliphatic heterocycles. The number of nitrogens with zero attached hydrogens (tertiary/aromatic N) is 3. The predicted molar refractivity (Wildman–Crippen MR) is 130 cm³/mol. The average Bonchev–Trinajstić information content (AvgIpc) is 2.96. The maximum Gasteiger partial charge on any atom is 0.260 e. The van der Waals surface area contributed by atoms with E-state index in [1.54, 1.807) is 41.1 Å². The molecule has 0 saturated carbocycles. The molecule has 0 spiro atoms. The maximum atomic E-state index is 13.6. The van der Waals surface area contributed by atoms with Gasteiger partial charge in [-0.25, -0.2) is 0 Å². The molecule has 0 N–H and O–H groups in total. The summed E-state index contributed by atoms with van der Waals surface area (Å²) in [5.41, 5.74) is 3.52. The van der Waals surface area contributed by atoms with Gasteiger partial charge in [-0.15, -0.1) is 24.9 Å². The Morgan fingerprint density at radius 2 is 1.97 bits per heavy atom. The summed E-state index contributed by atoms with van der Waals surface area (Å²) in [6.45, 7) is 10.1. The molecule has 0 unspecified atom stereocenters. The van der Waals surface area contributed by atoms with Gasteiger partial charge >= 0.3 is 0 Å². The first-order chi connectivity index (χ1) is 15.5. The molecule has 1 aromatic carbocycles. The number of carbonyl (C=O) groups is 1. The normalized spacial score (nSPS) is 14.6. The van der Waals surface area contributed by atoms with E-state index in [1.165, 1.54) is 0 Å². The highest BCUT2D eigenvalue weighted by atomic mass is 32.2. The molecule has 2 aromatic heterocycles. The Morgan fingerprint density at radius 1 is 1.22 bits per heavy atom. The van der Waals surface area contributed by atoms with Crippen molar-refractivity contribution in [3.05, 3.63) is 113 Å². The standard InChI is InChI=1S/C26H25N3O2S/c1-4-13-28(14-5-2)26(31)25-21-16-24(19-9-8-12-27-17-19)32-23-11-7-6-10-20(23)29(21)18(3)15-22(25)30/h4-12,15,17,24H,1-2,13-14,16H2,3H3/t24-/m0/s1. The van der Waals surface area contributed by atoms with Gasteiger partial charge in [-0.1, -0.05) is 30.4 Å².